The molecule has 25 heavy (non-hydrogen) atoms. The van der Waals surface area contributed by atoms with E-state index in [1.54, 1.807) is 12.1 Å². The molecule has 0 aliphatic carbocycles. The normalized spacial score (nSPS) is 10.8. The second-order valence-electron chi connectivity index (χ2n) is 5.40. The number of amides is 1. The van der Waals surface area contributed by atoms with Crippen molar-refractivity contribution in [3.63, 3.8) is 0 Å². The number of anilines is 1. The van der Waals surface area contributed by atoms with Crippen molar-refractivity contribution in [3.05, 3.63) is 53.8 Å². The molecular formula is C18H18FN3OS2. The smallest absolute Gasteiger partial charge is 0.239 e. The number of hydrogen-bond acceptors (Lipinski definition) is 5. The molecule has 0 spiro atoms. The Morgan fingerprint density at radius 3 is 2.80 bits per heavy atom. The van der Waals surface area contributed by atoms with Crippen LogP contribution in [-0.4, -0.2) is 16.6 Å². The van der Waals surface area contributed by atoms with Gasteiger partial charge in [-0.15, -0.1) is 11.8 Å². The first kappa shape index (κ1) is 17.7. The minimum Gasteiger partial charge on any atom is -0.273 e. The van der Waals surface area contributed by atoms with Gasteiger partial charge in [0.05, 0.1) is 10.2 Å². The van der Waals surface area contributed by atoms with Crippen molar-refractivity contribution in [1.82, 2.24) is 10.4 Å². The molecule has 3 rings (SSSR count). The number of benzene rings is 2. The van der Waals surface area contributed by atoms with Crippen LogP contribution in [0.1, 0.15) is 18.9 Å². The van der Waals surface area contributed by atoms with Gasteiger partial charge in [0, 0.05) is 17.1 Å². The van der Waals surface area contributed by atoms with Crippen LogP contribution in [0.3, 0.4) is 0 Å². The molecular weight excluding hydrogens is 357 g/mol. The number of aromatic nitrogens is 1. The SMILES string of the molecule is CCc1ccc2nc(NNC(=O)CCSc3ccc(F)cc3)sc2c1. The Labute approximate surface area is 153 Å². The maximum Gasteiger partial charge on any atom is 0.239 e. The standard InChI is InChI=1S/C18H18FN3OS2/c1-2-12-3-8-15-16(11-12)25-18(20-15)22-21-17(23)9-10-24-14-6-4-13(19)5-7-14/h3-8,11H,2,9-10H2,1H3,(H,20,22)(H,21,23). The third kappa shape index (κ3) is 4.93. The lowest BCUT2D eigenvalue weighted by atomic mass is 10.2. The Kier molecular flexibility index (Phi) is 5.88. The highest BCUT2D eigenvalue weighted by molar-refractivity contribution is 7.99. The van der Waals surface area contributed by atoms with Gasteiger partial charge in [-0.25, -0.2) is 9.37 Å². The summed E-state index contributed by atoms with van der Waals surface area (Å²) in [6.45, 7) is 2.12. The second kappa shape index (κ2) is 8.31. The van der Waals surface area contributed by atoms with Crippen LogP contribution in [0.2, 0.25) is 0 Å². The molecule has 0 radical (unpaired) electrons. The number of nitrogens with one attached hydrogen (secondary N) is 2. The average Bonchev–Trinajstić information content (AvgIpc) is 3.03. The maximum atomic E-state index is 12.8. The van der Waals surface area contributed by atoms with Gasteiger partial charge < -0.3 is 0 Å². The first-order valence-corrected chi connectivity index (χ1v) is 9.77. The average molecular weight is 375 g/mol. The summed E-state index contributed by atoms with van der Waals surface area (Å²) in [5, 5.41) is 0.669. The van der Waals surface area contributed by atoms with Crippen LogP contribution in [-0.2, 0) is 11.2 Å². The van der Waals surface area contributed by atoms with Gasteiger partial charge in [-0.3, -0.25) is 15.6 Å². The summed E-state index contributed by atoms with van der Waals surface area (Å²) in [6.07, 6.45) is 1.35. The first-order chi connectivity index (χ1) is 12.1. The number of hydrazine groups is 1. The van der Waals surface area contributed by atoms with Gasteiger partial charge in [-0.2, -0.15) is 0 Å². The lowest BCUT2D eigenvalue weighted by Crippen LogP contribution is -2.29. The van der Waals surface area contributed by atoms with Crippen LogP contribution in [0.15, 0.2) is 47.4 Å². The molecule has 2 aromatic carbocycles. The molecule has 7 heteroatoms. The van der Waals surface area contributed by atoms with Gasteiger partial charge >= 0.3 is 0 Å². The van der Waals surface area contributed by atoms with Gasteiger partial charge in [0.15, 0.2) is 0 Å². The minimum absolute atomic E-state index is 0.108. The minimum atomic E-state index is -0.256. The summed E-state index contributed by atoms with van der Waals surface area (Å²) >= 11 is 3.03. The number of fused-ring (bicyclic) bond motifs is 1. The number of thiazole rings is 1. The highest BCUT2D eigenvalue weighted by Crippen LogP contribution is 2.26. The van der Waals surface area contributed by atoms with Crippen LogP contribution in [0.4, 0.5) is 9.52 Å². The van der Waals surface area contributed by atoms with E-state index in [1.165, 1.54) is 40.8 Å². The predicted molar refractivity (Wildman–Crippen MR) is 103 cm³/mol. The third-order valence-corrected chi connectivity index (χ3v) is 5.53. The summed E-state index contributed by atoms with van der Waals surface area (Å²) in [5.74, 6) is 0.259. The molecule has 1 aromatic heterocycles. The fourth-order valence-corrected chi connectivity index (χ4v) is 3.96. The Morgan fingerprint density at radius 1 is 1.24 bits per heavy atom. The number of halogens is 1. The first-order valence-electron chi connectivity index (χ1n) is 7.96. The fraction of sp³-hybridized carbons (Fsp3) is 0.222. The van der Waals surface area contributed by atoms with Crippen LogP contribution < -0.4 is 10.9 Å². The number of thioether (sulfide) groups is 1. The molecule has 0 saturated heterocycles. The Balaban J connectivity index is 1.46. The van der Waals surface area contributed by atoms with Crippen molar-refractivity contribution < 1.29 is 9.18 Å². The number of rotatable bonds is 7. The lowest BCUT2D eigenvalue weighted by Gasteiger charge is -2.05. The largest absolute Gasteiger partial charge is 0.273 e. The van der Waals surface area contributed by atoms with Crippen LogP contribution in [0, 0.1) is 5.82 Å². The molecule has 0 atom stereocenters. The monoisotopic (exact) mass is 375 g/mol. The number of carbonyl (C=O) groups is 1. The highest BCUT2D eigenvalue weighted by Gasteiger charge is 2.06. The van der Waals surface area contributed by atoms with Crippen molar-refractivity contribution in [2.24, 2.45) is 0 Å². The number of carbonyl (C=O) groups excluding carboxylic acids is 1. The molecule has 0 saturated carbocycles. The van der Waals surface area contributed by atoms with Crippen molar-refractivity contribution in [1.29, 1.82) is 0 Å². The zero-order chi connectivity index (χ0) is 17.6. The number of aryl methyl sites for hydroxylation is 1. The molecule has 0 bridgehead atoms. The maximum absolute atomic E-state index is 12.8. The Hall–Kier alpha value is -2.12. The van der Waals surface area contributed by atoms with E-state index in [1.807, 2.05) is 6.07 Å². The summed E-state index contributed by atoms with van der Waals surface area (Å²) in [4.78, 5) is 17.3. The van der Waals surface area contributed by atoms with E-state index >= 15 is 0 Å². The molecule has 0 aliphatic heterocycles. The van der Waals surface area contributed by atoms with Crippen molar-refractivity contribution >= 4 is 44.4 Å². The number of hydrogen-bond donors (Lipinski definition) is 2. The summed E-state index contributed by atoms with van der Waals surface area (Å²) < 4.78 is 13.9. The Morgan fingerprint density at radius 2 is 2.04 bits per heavy atom. The van der Waals surface area contributed by atoms with E-state index in [0.717, 1.165) is 21.5 Å². The predicted octanol–water partition coefficient (Wildman–Crippen LogP) is 4.62. The topological polar surface area (TPSA) is 54.0 Å². The number of nitrogens with zero attached hydrogens (tertiary/aromatic N) is 1. The molecule has 4 nitrogen and oxygen atoms in total. The van der Waals surface area contributed by atoms with Gasteiger partial charge in [-0.05, 0) is 48.4 Å². The van der Waals surface area contributed by atoms with E-state index in [-0.39, 0.29) is 11.7 Å². The van der Waals surface area contributed by atoms with Crippen molar-refractivity contribution in [3.8, 4) is 0 Å². The van der Waals surface area contributed by atoms with E-state index in [9.17, 15) is 9.18 Å². The molecule has 1 heterocycles. The van der Waals surface area contributed by atoms with E-state index in [2.05, 4.69) is 34.9 Å². The van der Waals surface area contributed by atoms with Gasteiger partial charge in [0.2, 0.25) is 11.0 Å². The van der Waals surface area contributed by atoms with Gasteiger partial charge in [0.25, 0.3) is 0 Å². The molecule has 0 aliphatic rings. The second-order valence-corrected chi connectivity index (χ2v) is 7.60. The molecule has 2 N–H and O–H groups in total. The van der Waals surface area contributed by atoms with E-state index in [0.29, 0.717) is 17.3 Å². The fourth-order valence-electron chi connectivity index (χ4n) is 2.22. The van der Waals surface area contributed by atoms with Gasteiger partial charge in [0.1, 0.15) is 5.82 Å². The summed E-state index contributed by atoms with van der Waals surface area (Å²) in [7, 11) is 0. The zero-order valence-electron chi connectivity index (χ0n) is 13.7. The molecule has 130 valence electrons. The Bertz CT molecular complexity index is 864. The summed E-state index contributed by atoms with van der Waals surface area (Å²) in [6, 6.07) is 12.4. The zero-order valence-corrected chi connectivity index (χ0v) is 15.3. The van der Waals surface area contributed by atoms with Crippen LogP contribution >= 0.6 is 23.1 Å². The third-order valence-electron chi connectivity index (χ3n) is 3.58. The molecule has 0 unspecified atom stereocenters. The lowest BCUT2D eigenvalue weighted by molar-refractivity contribution is -0.120. The van der Waals surface area contributed by atoms with Gasteiger partial charge in [-0.1, -0.05) is 24.3 Å². The van der Waals surface area contributed by atoms with Crippen molar-refractivity contribution in [2.45, 2.75) is 24.7 Å². The quantitative estimate of drug-likeness (QED) is 0.467. The van der Waals surface area contributed by atoms with Crippen LogP contribution in [0.25, 0.3) is 10.2 Å². The summed E-state index contributed by atoms with van der Waals surface area (Å²) in [5.41, 5.74) is 7.74. The molecule has 1 amide bonds. The highest BCUT2D eigenvalue weighted by atomic mass is 32.2. The van der Waals surface area contributed by atoms with Crippen LogP contribution in [0.5, 0.6) is 0 Å². The molecule has 0 fully saturated rings. The van der Waals surface area contributed by atoms with E-state index < -0.39 is 0 Å². The van der Waals surface area contributed by atoms with E-state index in [4.69, 9.17) is 0 Å². The van der Waals surface area contributed by atoms with Crippen molar-refractivity contribution in [2.75, 3.05) is 11.2 Å². The molecule has 3 aromatic rings.